The SMILES string of the molecule is CC(N)c1ccc(-c2ccc(C(C)(C)C)cc2)s1. The summed E-state index contributed by atoms with van der Waals surface area (Å²) in [5.74, 6) is 0. The first-order valence-corrected chi connectivity index (χ1v) is 7.16. The second-order valence-corrected chi connectivity index (χ2v) is 6.93. The van der Waals surface area contributed by atoms with Crippen LogP contribution in [0.3, 0.4) is 0 Å². The van der Waals surface area contributed by atoms with E-state index in [0.29, 0.717) is 0 Å². The highest BCUT2D eigenvalue weighted by atomic mass is 32.1. The fraction of sp³-hybridized carbons (Fsp3) is 0.375. The van der Waals surface area contributed by atoms with E-state index >= 15 is 0 Å². The molecule has 2 heteroatoms. The first-order valence-electron chi connectivity index (χ1n) is 6.34. The molecule has 1 unspecified atom stereocenters. The van der Waals surface area contributed by atoms with Gasteiger partial charge in [-0.1, -0.05) is 45.0 Å². The van der Waals surface area contributed by atoms with Gasteiger partial charge < -0.3 is 5.73 Å². The molecule has 2 rings (SSSR count). The maximum absolute atomic E-state index is 5.90. The standard InChI is InChI=1S/C16H21NS/c1-11(17)14-9-10-15(18-14)12-5-7-13(8-6-12)16(2,3)4/h5-11H,17H2,1-4H3. The minimum atomic E-state index is 0.123. The average Bonchev–Trinajstić information content (AvgIpc) is 2.77. The number of nitrogens with two attached hydrogens (primary N) is 1. The van der Waals surface area contributed by atoms with Gasteiger partial charge in [-0.15, -0.1) is 11.3 Å². The number of rotatable bonds is 2. The molecule has 0 fully saturated rings. The molecular formula is C16H21NS. The van der Waals surface area contributed by atoms with E-state index in [9.17, 15) is 0 Å². The maximum Gasteiger partial charge on any atom is 0.0361 e. The lowest BCUT2D eigenvalue weighted by Crippen LogP contribution is -2.10. The van der Waals surface area contributed by atoms with Crippen LogP contribution in [0.5, 0.6) is 0 Å². The van der Waals surface area contributed by atoms with Gasteiger partial charge in [0.05, 0.1) is 0 Å². The third kappa shape index (κ3) is 2.82. The van der Waals surface area contributed by atoms with Crippen molar-refractivity contribution < 1.29 is 0 Å². The summed E-state index contributed by atoms with van der Waals surface area (Å²) >= 11 is 1.78. The summed E-state index contributed by atoms with van der Waals surface area (Å²) in [6.45, 7) is 8.74. The van der Waals surface area contributed by atoms with Gasteiger partial charge in [-0.3, -0.25) is 0 Å². The lowest BCUT2D eigenvalue weighted by atomic mass is 9.86. The van der Waals surface area contributed by atoms with Gasteiger partial charge in [0, 0.05) is 15.8 Å². The van der Waals surface area contributed by atoms with Crippen molar-refractivity contribution in [3.63, 3.8) is 0 Å². The number of thiophene rings is 1. The van der Waals surface area contributed by atoms with Crippen molar-refractivity contribution in [1.29, 1.82) is 0 Å². The zero-order valence-corrected chi connectivity index (χ0v) is 12.3. The largest absolute Gasteiger partial charge is 0.324 e. The molecule has 1 nitrogen and oxygen atoms in total. The van der Waals surface area contributed by atoms with E-state index in [0.717, 1.165) is 0 Å². The summed E-state index contributed by atoms with van der Waals surface area (Å²) in [5.41, 5.74) is 8.76. The monoisotopic (exact) mass is 259 g/mol. The smallest absolute Gasteiger partial charge is 0.0361 e. The minimum Gasteiger partial charge on any atom is -0.324 e. The lowest BCUT2D eigenvalue weighted by Gasteiger charge is -2.18. The Kier molecular flexibility index (Phi) is 3.60. The summed E-state index contributed by atoms with van der Waals surface area (Å²) in [7, 11) is 0. The summed E-state index contributed by atoms with van der Waals surface area (Å²) < 4.78 is 0. The molecule has 0 saturated heterocycles. The second kappa shape index (κ2) is 4.87. The number of hydrogen-bond donors (Lipinski definition) is 1. The Morgan fingerprint density at radius 1 is 1.00 bits per heavy atom. The van der Waals surface area contributed by atoms with Crippen LogP contribution in [0.1, 0.15) is 44.2 Å². The molecule has 2 N–H and O–H groups in total. The third-order valence-corrected chi connectivity index (χ3v) is 4.45. The highest BCUT2D eigenvalue weighted by Crippen LogP contribution is 2.32. The van der Waals surface area contributed by atoms with Gasteiger partial charge in [-0.25, -0.2) is 0 Å². The van der Waals surface area contributed by atoms with Gasteiger partial charge in [0.1, 0.15) is 0 Å². The molecule has 0 saturated carbocycles. The molecule has 0 aliphatic carbocycles. The Morgan fingerprint density at radius 2 is 1.61 bits per heavy atom. The highest BCUT2D eigenvalue weighted by Gasteiger charge is 2.13. The van der Waals surface area contributed by atoms with Gasteiger partial charge in [-0.2, -0.15) is 0 Å². The molecule has 0 amide bonds. The molecule has 0 aliphatic heterocycles. The first-order chi connectivity index (χ1) is 8.38. The fourth-order valence-electron chi connectivity index (χ4n) is 1.89. The van der Waals surface area contributed by atoms with Crippen LogP contribution in [0.2, 0.25) is 0 Å². The van der Waals surface area contributed by atoms with Gasteiger partial charge in [0.25, 0.3) is 0 Å². The molecule has 2 aromatic rings. The third-order valence-electron chi connectivity index (χ3n) is 3.11. The summed E-state index contributed by atoms with van der Waals surface area (Å²) in [5, 5.41) is 0. The van der Waals surface area contributed by atoms with E-state index in [1.807, 2.05) is 6.92 Å². The molecule has 1 aromatic carbocycles. The molecule has 0 spiro atoms. The van der Waals surface area contributed by atoms with Crippen LogP contribution in [0.4, 0.5) is 0 Å². The summed E-state index contributed by atoms with van der Waals surface area (Å²) in [6, 6.07) is 13.3. The van der Waals surface area contributed by atoms with E-state index in [-0.39, 0.29) is 11.5 Å². The van der Waals surface area contributed by atoms with Crippen LogP contribution in [0.15, 0.2) is 36.4 Å². The zero-order valence-electron chi connectivity index (χ0n) is 11.5. The molecular weight excluding hydrogens is 238 g/mol. The minimum absolute atomic E-state index is 0.123. The molecule has 0 bridgehead atoms. The van der Waals surface area contributed by atoms with Crippen molar-refractivity contribution in [1.82, 2.24) is 0 Å². The molecule has 18 heavy (non-hydrogen) atoms. The van der Waals surface area contributed by atoms with Gasteiger partial charge in [0.2, 0.25) is 0 Å². The molecule has 0 radical (unpaired) electrons. The predicted octanol–water partition coefficient (Wildman–Crippen LogP) is 4.73. The van der Waals surface area contributed by atoms with Crippen LogP contribution in [-0.4, -0.2) is 0 Å². The van der Waals surface area contributed by atoms with E-state index in [2.05, 4.69) is 57.2 Å². The van der Waals surface area contributed by atoms with E-state index in [1.54, 1.807) is 11.3 Å². The Balaban J connectivity index is 2.29. The van der Waals surface area contributed by atoms with Gasteiger partial charge in [0.15, 0.2) is 0 Å². The summed E-state index contributed by atoms with van der Waals surface area (Å²) in [6.07, 6.45) is 0. The number of benzene rings is 1. The van der Waals surface area contributed by atoms with Crippen molar-refractivity contribution in [3.05, 3.63) is 46.8 Å². The van der Waals surface area contributed by atoms with E-state index in [4.69, 9.17) is 5.73 Å². The Hall–Kier alpha value is -1.12. The van der Waals surface area contributed by atoms with E-state index < -0.39 is 0 Å². The molecule has 1 heterocycles. The van der Waals surface area contributed by atoms with Crippen LogP contribution in [0, 0.1) is 0 Å². The maximum atomic E-state index is 5.90. The van der Waals surface area contributed by atoms with Gasteiger partial charge in [-0.05, 0) is 35.6 Å². The topological polar surface area (TPSA) is 26.0 Å². The fourth-order valence-corrected chi connectivity index (χ4v) is 2.85. The molecule has 1 atom stereocenters. The van der Waals surface area contributed by atoms with Crippen LogP contribution in [-0.2, 0) is 5.41 Å². The Bertz CT molecular complexity index is 515. The molecule has 1 aromatic heterocycles. The van der Waals surface area contributed by atoms with Crippen LogP contribution < -0.4 is 5.73 Å². The van der Waals surface area contributed by atoms with E-state index in [1.165, 1.54) is 20.9 Å². The number of hydrogen-bond acceptors (Lipinski definition) is 2. The van der Waals surface area contributed by atoms with Crippen molar-refractivity contribution in [3.8, 4) is 10.4 Å². The highest BCUT2D eigenvalue weighted by molar-refractivity contribution is 7.15. The zero-order chi connectivity index (χ0) is 13.3. The van der Waals surface area contributed by atoms with Crippen molar-refractivity contribution >= 4 is 11.3 Å². The second-order valence-electron chi connectivity index (χ2n) is 5.82. The normalized spacial score (nSPS) is 13.6. The molecule has 96 valence electrons. The average molecular weight is 259 g/mol. The van der Waals surface area contributed by atoms with Crippen LogP contribution >= 0.6 is 11.3 Å². The summed E-state index contributed by atoms with van der Waals surface area (Å²) in [4.78, 5) is 2.53. The Morgan fingerprint density at radius 3 is 2.06 bits per heavy atom. The van der Waals surface area contributed by atoms with Crippen molar-refractivity contribution in [2.24, 2.45) is 5.73 Å². The van der Waals surface area contributed by atoms with Crippen molar-refractivity contribution in [2.75, 3.05) is 0 Å². The first kappa shape index (κ1) is 13.3. The molecule has 0 aliphatic rings. The van der Waals surface area contributed by atoms with Crippen LogP contribution in [0.25, 0.3) is 10.4 Å². The predicted molar refractivity (Wildman–Crippen MR) is 81.1 cm³/mol. The Labute approximate surface area is 114 Å². The van der Waals surface area contributed by atoms with Gasteiger partial charge >= 0.3 is 0 Å². The van der Waals surface area contributed by atoms with Crippen molar-refractivity contribution in [2.45, 2.75) is 39.2 Å². The lowest BCUT2D eigenvalue weighted by molar-refractivity contribution is 0.590. The quantitative estimate of drug-likeness (QED) is 0.828.